The number of carbonyl (C=O) groups excluding carboxylic acids is 3. The quantitative estimate of drug-likeness (QED) is 0.453. The van der Waals surface area contributed by atoms with E-state index < -0.39 is 0 Å². The van der Waals surface area contributed by atoms with Crippen LogP contribution in [0.25, 0.3) is 0 Å². The van der Waals surface area contributed by atoms with Gasteiger partial charge < -0.3 is 20.3 Å². The molecule has 6 nitrogen and oxygen atoms in total. The molecule has 0 bridgehead atoms. The SMILES string of the molecule is CNC(C)C(=O)NCCCCCC1CCC(C=O)N1C=O. The Kier molecular flexibility index (Phi) is 7.97. The molecule has 1 fully saturated rings. The number of likely N-dealkylation sites (tertiary alicyclic amines) is 1. The number of rotatable bonds is 10. The van der Waals surface area contributed by atoms with Gasteiger partial charge in [-0.2, -0.15) is 0 Å². The molecule has 2 N–H and O–H groups in total. The Labute approximate surface area is 126 Å². The van der Waals surface area contributed by atoms with E-state index in [-0.39, 0.29) is 24.0 Å². The van der Waals surface area contributed by atoms with E-state index in [1.54, 1.807) is 11.9 Å². The maximum atomic E-state index is 11.5. The van der Waals surface area contributed by atoms with Crippen molar-refractivity contribution in [3.63, 3.8) is 0 Å². The largest absolute Gasteiger partial charge is 0.355 e. The second kappa shape index (κ2) is 9.50. The van der Waals surface area contributed by atoms with Crippen molar-refractivity contribution < 1.29 is 14.4 Å². The predicted molar refractivity (Wildman–Crippen MR) is 80.8 cm³/mol. The molecule has 1 heterocycles. The molecule has 6 heteroatoms. The molecule has 3 unspecified atom stereocenters. The Bertz CT molecular complexity index is 349. The zero-order valence-corrected chi connectivity index (χ0v) is 13.0. The van der Waals surface area contributed by atoms with E-state index in [1.165, 1.54) is 0 Å². The number of likely N-dealkylation sites (N-methyl/N-ethyl adjacent to an activating group) is 1. The van der Waals surface area contributed by atoms with Crippen LogP contribution in [0.1, 0.15) is 45.4 Å². The number of nitrogens with one attached hydrogen (secondary N) is 2. The Morgan fingerprint density at radius 1 is 1.29 bits per heavy atom. The van der Waals surface area contributed by atoms with Gasteiger partial charge in [0.05, 0.1) is 12.1 Å². The number of hydrogen-bond donors (Lipinski definition) is 2. The molecule has 3 atom stereocenters. The van der Waals surface area contributed by atoms with Gasteiger partial charge >= 0.3 is 0 Å². The van der Waals surface area contributed by atoms with Crippen molar-refractivity contribution >= 4 is 18.6 Å². The van der Waals surface area contributed by atoms with E-state index >= 15 is 0 Å². The van der Waals surface area contributed by atoms with Gasteiger partial charge in [-0.1, -0.05) is 12.8 Å². The summed E-state index contributed by atoms with van der Waals surface area (Å²) in [5.41, 5.74) is 0. The lowest BCUT2D eigenvalue weighted by Gasteiger charge is -2.23. The molecular weight excluding hydrogens is 270 g/mol. The highest BCUT2D eigenvalue weighted by Crippen LogP contribution is 2.25. The Balaban J connectivity index is 2.10. The fraction of sp³-hybridized carbons (Fsp3) is 0.800. The van der Waals surface area contributed by atoms with Crippen molar-refractivity contribution in [3.05, 3.63) is 0 Å². The lowest BCUT2D eigenvalue weighted by Crippen LogP contribution is -2.40. The minimum absolute atomic E-state index is 0.0225. The monoisotopic (exact) mass is 297 g/mol. The molecule has 0 aromatic rings. The van der Waals surface area contributed by atoms with E-state index in [0.717, 1.165) is 51.2 Å². The fourth-order valence-corrected chi connectivity index (χ4v) is 2.71. The molecule has 0 aromatic carbocycles. The van der Waals surface area contributed by atoms with Crippen LogP contribution in [0.4, 0.5) is 0 Å². The van der Waals surface area contributed by atoms with Crippen LogP contribution in [0, 0.1) is 0 Å². The van der Waals surface area contributed by atoms with Gasteiger partial charge in [0.15, 0.2) is 0 Å². The molecule has 1 aliphatic rings. The molecule has 0 aliphatic carbocycles. The number of hydrogen-bond acceptors (Lipinski definition) is 4. The Morgan fingerprint density at radius 3 is 2.67 bits per heavy atom. The summed E-state index contributed by atoms with van der Waals surface area (Å²) >= 11 is 0. The summed E-state index contributed by atoms with van der Waals surface area (Å²) in [4.78, 5) is 35.0. The van der Waals surface area contributed by atoms with Gasteiger partial charge in [0.25, 0.3) is 0 Å². The molecule has 120 valence electrons. The van der Waals surface area contributed by atoms with E-state index in [2.05, 4.69) is 10.6 Å². The number of aldehydes is 1. The van der Waals surface area contributed by atoms with Gasteiger partial charge in [-0.05, 0) is 39.7 Å². The lowest BCUT2D eigenvalue weighted by molar-refractivity contribution is -0.125. The summed E-state index contributed by atoms with van der Waals surface area (Å²) in [6.45, 7) is 2.51. The van der Waals surface area contributed by atoms with E-state index in [9.17, 15) is 14.4 Å². The van der Waals surface area contributed by atoms with Crippen molar-refractivity contribution in [2.75, 3.05) is 13.6 Å². The van der Waals surface area contributed by atoms with E-state index in [0.29, 0.717) is 6.54 Å². The van der Waals surface area contributed by atoms with Crippen LogP contribution < -0.4 is 10.6 Å². The molecule has 0 radical (unpaired) electrons. The first-order valence-corrected chi connectivity index (χ1v) is 7.77. The number of amides is 2. The second-order valence-corrected chi connectivity index (χ2v) is 5.64. The van der Waals surface area contributed by atoms with Gasteiger partial charge in [-0.15, -0.1) is 0 Å². The number of carbonyl (C=O) groups is 3. The number of nitrogens with zero attached hydrogens (tertiary/aromatic N) is 1. The van der Waals surface area contributed by atoms with E-state index in [4.69, 9.17) is 0 Å². The van der Waals surface area contributed by atoms with Gasteiger partial charge in [-0.25, -0.2) is 0 Å². The second-order valence-electron chi connectivity index (χ2n) is 5.64. The van der Waals surface area contributed by atoms with Crippen molar-refractivity contribution in [3.8, 4) is 0 Å². The molecule has 1 rings (SSSR count). The summed E-state index contributed by atoms with van der Waals surface area (Å²) in [7, 11) is 1.76. The van der Waals surface area contributed by atoms with Crippen LogP contribution in [-0.2, 0) is 14.4 Å². The van der Waals surface area contributed by atoms with E-state index in [1.807, 2.05) is 6.92 Å². The molecular formula is C15H27N3O3. The van der Waals surface area contributed by atoms with Crippen LogP contribution in [0.2, 0.25) is 0 Å². The highest BCUT2D eigenvalue weighted by atomic mass is 16.2. The van der Waals surface area contributed by atoms with Crippen LogP contribution in [-0.4, -0.2) is 55.2 Å². The maximum Gasteiger partial charge on any atom is 0.236 e. The van der Waals surface area contributed by atoms with Gasteiger partial charge in [0.1, 0.15) is 6.29 Å². The zero-order valence-electron chi connectivity index (χ0n) is 13.0. The smallest absolute Gasteiger partial charge is 0.236 e. The summed E-state index contributed by atoms with van der Waals surface area (Å²) < 4.78 is 0. The molecule has 0 saturated carbocycles. The molecule has 1 saturated heterocycles. The molecule has 1 aliphatic heterocycles. The molecule has 2 amide bonds. The topological polar surface area (TPSA) is 78.5 Å². The van der Waals surface area contributed by atoms with Crippen molar-refractivity contribution in [1.29, 1.82) is 0 Å². The first-order chi connectivity index (χ1) is 10.1. The highest BCUT2D eigenvalue weighted by Gasteiger charge is 2.31. The van der Waals surface area contributed by atoms with Crippen LogP contribution >= 0.6 is 0 Å². The highest BCUT2D eigenvalue weighted by molar-refractivity contribution is 5.81. The summed E-state index contributed by atoms with van der Waals surface area (Å²) in [5.74, 6) is 0.0225. The van der Waals surface area contributed by atoms with Crippen molar-refractivity contribution in [1.82, 2.24) is 15.5 Å². The Hall–Kier alpha value is -1.43. The zero-order chi connectivity index (χ0) is 15.7. The normalized spacial score (nSPS) is 22.9. The predicted octanol–water partition coefficient (Wildman–Crippen LogP) is 0.459. The number of unbranched alkanes of at least 4 members (excludes halogenated alkanes) is 2. The third-order valence-electron chi connectivity index (χ3n) is 4.22. The van der Waals surface area contributed by atoms with Crippen LogP contribution in [0.3, 0.4) is 0 Å². The minimum Gasteiger partial charge on any atom is -0.355 e. The van der Waals surface area contributed by atoms with Gasteiger partial charge in [0, 0.05) is 12.6 Å². The van der Waals surface area contributed by atoms with Gasteiger partial charge in [-0.3, -0.25) is 9.59 Å². The van der Waals surface area contributed by atoms with Crippen LogP contribution in [0.5, 0.6) is 0 Å². The Morgan fingerprint density at radius 2 is 2.05 bits per heavy atom. The molecule has 0 aromatic heterocycles. The molecule has 0 spiro atoms. The first-order valence-electron chi connectivity index (χ1n) is 7.77. The molecule has 21 heavy (non-hydrogen) atoms. The lowest BCUT2D eigenvalue weighted by atomic mass is 10.1. The van der Waals surface area contributed by atoms with Crippen molar-refractivity contribution in [2.24, 2.45) is 0 Å². The minimum atomic E-state index is -0.227. The third kappa shape index (κ3) is 5.46. The fourth-order valence-electron chi connectivity index (χ4n) is 2.71. The summed E-state index contributed by atoms with van der Waals surface area (Å²) in [6.07, 6.45) is 7.27. The average molecular weight is 297 g/mol. The van der Waals surface area contributed by atoms with Crippen molar-refractivity contribution in [2.45, 2.75) is 63.6 Å². The first kappa shape index (κ1) is 17.6. The third-order valence-corrected chi connectivity index (χ3v) is 4.22. The van der Waals surface area contributed by atoms with Crippen LogP contribution in [0.15, 0.2) is 0 Å². The van der Waals surface area contributed by atoms with Gasteiger partial charge in [0.2, 0.25) is 12.3 Å². The average Bonchev–Trinajstić information content (AvgIpc) is 2.91. The summed E-state index contributed by atoms with van der Waals surface area (Å²) in [6, 6.07) is -0.184. The standard InChI is InChI=1S/C15H27N3O3/c1-12(16-2)15(21)17-9-5-3-4-6-13-7-8-14(10-19)18(13)11-20/h10-14,16H,3-9H2,1-2H3,(H,17,21). The maximum absolute atomic E-state index is 11.5. The summed E-state index contributed by atoms with van der Waals surface area (Å²) in [5, 5.41) is 5.78.